The zero-order valence-corrected chi connectivity index (χ0v) is 13.5. The van der Waals surface area contributed by atoms with Gasteiger partial charge in [-0.05, 0) is 30.4 Å². The molecule has 1 N–H and O–H groups in total. The van der Waals surface area contributed by atoms with E-state index in [9.17, 15) is 0 Å². The fourth-order valence-electron chi connectivity index (χ4n) is 1.85. The molecule has 0 saturated carbocycles. The lowest BCUT2D eigenvalue weighted by Crippen LogP contribution is -2.22. The van der Waals surface area contributed by atoms with Gasteiger partial charge >= 0.3 is 0 Å². The molecule has 0 unspecified atom stereocenters. The number of aryl methyl sites for hydroxylation is 1. The molecule has 0 radical (unpaired) electrons. The van der Waals surface area contributed by atoms with Gasteiger partial charge in [-0.25, -0.2) is 0 Å². The first-order chi connectivity index (χ1) is 9.15. The third-order valence-corrected chi connectivity index (χ3v) is 3.86. The molecule has 108 valence electrons. The molecule has 0 atom stereocenters. The van der Waals surface area contributed by atoms with Crippen molar-refractivity contribution < 1.29 is 4.74 Å². The minimum absolute atomic E-state index is 0.495. The van der Waals surface area contributed by atoms with Crippen molar-refractivity contribution in [1.82, 2.24) is 5.32 Å². The number of benzene rings is 1. The summed E-state index contributed by atoms with van der Waals surface area (Å²) >= 11 is 1.97. The first-order valence-electron chi connectivity index (χ1n) is 7.17. The van der Waals surface area contributed by atoms with Gasteiger partial charge in [-0.3, -0.25) is 0 Å². The van der Waals surface area contributed by atoms with Crippen LogP contribution in [0.4, 0.5) is 0 Å². The van der Waals surface area contributed by atoms with Crippen LogP contribution in [0.25, 0.3) is 0 Å². The first kappa shape index (κ1) is 16.4. The van der Waals surface area contributed by atoms with Crippen molar-refractivity contribution in [2.75, 3.05) is 18.1 Å². The molecule has 1 aromatic rings. The van der Waals surface area contributed by atoms with Crippen molar-refractivity contribution in [3.8, 4) is 5.75 Å². The van der Waals surface area contributed by atoms with Crippen molar-refractivity contribution >= 4 is 11.8 Å². The highest BCUT2D eigenvalue weighted by Gasteiger charge is 2.07. The summed E-state index contributed by atoms with van der Waals surface area (Å²) in [5.41, 5.74) is 2.49. The fraction of sp³-hybridized carbons (Fsp3) is 0.625. The van der Waals surface area contributed by atoms with Gasteiger partial charge < -0.3 is 10.1 Å². The Labute approximate surface area is 122 Å². The Kier molecular flexibility index (Phi) is 7.99. The van der Waals surface area contributed by atoms with E-state index in [1.54, 1.807) is 0 Å². The van der Waals surface area contributed by atoms with Crippen LogP contribution in [0.2, 0.25) is 0 Å². The topological polar surface area (TPSA) is 21.3 Å². The lowest BCUT2D eigenvalue weighted by atomic mass is 10.1. The maximum atomic E-state index is 5.99. The summed E-state index contributed by atoms with van der Waals surface area (Å²) in [6, 6.07) is 6.87. The van der Waals surface area contributed by atoms with Gasteiger partial charge in [0.25, 0.3) is 0 Å². The average molecular weight is 281 g/mol. The second-order valence-corrected chi connectivity index (χ2v) is 6.39. The van der Waals surface area contributed by atoms with Gasteiger partial charge in [0.05, 0.1) is 6.61 Å². The Hall–Kier alpha value is -0.670. The summed E-state index contributed by atoms with van der Waals surface area (Å²) in [4.78, 5) is 0. The van der Waals surface area contributed by atoms with E-state index < -0.39 is 0 Å². The maximum absolute atomic E-state index is 5.99. The quantitative estimate of drug-likeness (QED) is 0.691. The minimum atomic E-state index is 0.495. The number of hydrogen-bond acceptors (Lipinski definition) is 3. The zero-order chi connectivity index (χ0) is 14.1. The van der Waals surface area contributed by atoms with Crippen LogP contribution in [-0.4, -0.2) is 24.2 Å². The Morgan fingerprint density at radius 1 is 1.32 bits per heavy atom. The van der Waals surface area contributed by atoms with Gasteiger partial charge in [0.2, 0.25) is 0 Å². The number of hydrogen-bond donors (Lipinski definition) is 1. The minimum Gasteiger partial charge on any atom is -0.493 e. The summed E-state index contributed by atoms with van der Waals surface area (Å²) in [7, 11) is 0. The number of ether oxygens (including phenoxy) is 1. The molecule has 1 aromatic carbocycles. The predicted molar refractivity (Wildman–Crippen MR) is 86.3 cm³/mol. The summed E-state index contributed by atoms with van der Waals surface area (Å²) in [5, 5.41) is 3.46. The van der Waals surface area contributed by atoms with Crippen molar-refractivity contribution in [3.05, 3.63) is 29.3 Å². The van der Waals surface area contributed by atoms with E-state index in [2.05, 4.69) is 51.2 Å². The molecule has 0 spiro atoms. The number of nitrogens with one attached hydrogen (secondary N) is 1. The molecular weight excluding hydrogens is 254 g/mol. The maximum Gasteiger partial charge on any atom is 0.126 e. The molecule has 0 aliphatic rings. The molecule has 0 aromatic heterocycles. The van der Waals surface area contributed by atoms with Crippen molar-refractivity contribution in [1.29, 1.82) is 0 Å². The van der Waals surface area contributed by atoms with Gasteiger partial charge in [0.1, 0.15) is 5.75 Å². The van der Waals surface area contributed by atoms with Crippen molar-refractivity contribution in [3.63, 3.8) is 0 Å². The van der Waals surface area contributed by atoms with E-state index in [0.29, 0.717) is 6.04 Å². The van der Waals surface area contributed by atoms with Crippen LogP contribution >= 0.6 is 11.8 Å². The Morgan fingerprint density at radius 3 is 2.79 bits per heavy atom. The Morgan fingerprint density at radius 2 is 2.11 bits per heavy atom. The van der Waals surface area contributed by atoms with Crippen molar-refractivity contribution in [2.24, 2.45) is 0 Å². The molecule has 0 aliphatic carbocycles. The van der Waals surface area contributed by atoms with E-state index in [1.165, 1.54) is 22.6 Å². The Balaban J connectivity index is 2.54. The fourth-order valence-corrected chi connectivity index (χ4v) is 2.46. The molecule has 0 saturated heterocycles. The SMILES string of the molecule is CCSCCCOc1c(C)cccc1CNC(C)C. The van der Waals surface area contributed by atoms with E-state index >= 15 is 0 Å². The van der Waals surface area contributed by atoms with E-state index in [0.717, 1.165) is 25.3 Å². The summed E-state index contributed by atoms with van der Waals surface area (Å²) in [5.74, 6) is 3.44. The monoisotopic (exact) mass is 281 g/mol. The smallest absolute Gasteiger partial charge is 0.126 e. The van der Waals surface area contributed by atoms with Crippen LogP contribution in [0.15, 0.2) is 18.2 Å². The molecule has 0 bridgehead atoms. The molecule has 0 heterocycles. The Bertz CT molecular complexity index is 366. The van der Waals surface area contributed by atoms with E-state index in [4.69, 9.17) is 4.74 Å². The highest BCUT2D eigenvalue weighted by atomic mass is 32.2. The first-order valence-corrected chi connectivity index (χ1v) is 8.33. The average Bonchev–Trinajstić information content (AvgIpc) is 2.38. The van der Waals surface area contributed by atoms with Crippen LogP contribution in [0.1, 0.15) is 38.3 Å². The molecule has 0 aliphatic heterocycles. The molecule has 19 heavy (non-hydrogen) atoms. The molecule has 1 rings (SSSR count). The number of thioether (sulfide) groups is 1. The van der Waals surface area contributed by atoms with Gasteiger partial charge in [-0.1, -0.05) is 39.0 Å². The van der Waals surface area contributed by atoms with E-state index in [-0.39, 0.29) is 0 Å². The normalized spacial score (nSPS) is 11.0. The van der Waals surface area contributed by atoms with Crippen LogP contribution in [0.3, 0.4) is 0 Å². The number of para-hydroxylation sites is 1. The summed E-state index contributed by atoms with van der Waals surface area (Å²) in [6.07, 6.45) is 1.11. The second kappa shape index (κ2) is 9.27. The molecule has 3 heteroatoms. The molecule has 0 fully saturated rings. The number of rotatable bonds is 9. The standard InChI is InChI=1S/C16H27NOS/c1-5-19-11-7-10-18-16-14(4)8-6-9-15(16)12-17-13(2)3/h6,8-9,13,17H,5,7,10-12H2,1-4H3. The molecule has 0 amide bonds. The third kappa shape index (κ3) is 6.35. The summed E-state index contributed by atoms with van der Waals surface area (Å²) in [6.45, 7) is 10.3. The lowest BCUT2D eigenvalue weighted by molar-refractivity contribution is 0.312. The van der Waals surface area contributed by atoms with Crippen LogP contribution in [-0.2, 0) is 6.54 Å². The molecular formula is C16H27NOS. The highest BCUT2D eigenvalue weighted by molar-refractivity contribution is 7.99. The highest BCUT2D eigenvalue weighted by Crippen LogP contribution is 2.23. The van der Waals surface area contributed by atoms with E-state index in [1.807, 2.05) is 11.8 Å². The van der Waals surface area contributed by atoms with Crippen LogP contribution < -0.4 is 10.1 Å². The largest absolute Gasteiger partial charge is 0.493 e. The van der Waals surface area contributed by atoms with Crippen LogP contribution in [0.5, 0.6) is 5.75 Å². The van der Waals surface area contributed by atoms with Gasteiger partial charge in [-0.2, -0.15) is 11.8 Å². The predicted octanol–water partition coefficient (Wildman–Crippen LogP) is 4.02. The molecule has 2 nitrogen and oxygen atoms in total. The summed E-state index contributed by atoms with van der Waals surface area (Å²) < 4.78 is 5.99. The van der Waals surface area contributed by atoms with Gasteiger partial charge in [-0.15, -0.1) is 0 Å². The second-order valence-electron chi connectivity index (χ2n) is 5.00. The van der Waals surface area contributed by atoms with Gasteiger partial charge in [0, 0.05) is 18.2 Å². The van der Waals surface area contributed by atoms with Gasteiger partial charge in [0.15, 0.2) is 0 Å². The van der Waals surface area contributed by atoms with Crippen LogP contribution in [0, 0.1) is 6.92 Å². The lowest BCUT2D eigenvalue weighted by Gasteiger charge is -2.16. The zero-order valence-electron chi connectivity index (χ0n) is 12.7. The third-order valence-electron chi connectivity index (χ3n) is 2.88. The van der Waals surface area contributed by atoms with Crippen molar-refractivity contribution in [2.45, 2.75) is 46.7 Å².